The fourth-order valence-electron chi connectivity index (χ4n) is 5.02. The van der Waals surface area contributed by atoms with E-state index in [1.165, 1.54) is 32.2 Å². The maximum Gasteiger partial charge on any atom is 0.258 e. The van der Waals surface area contributed by atoms with Crippen LogP contribution in [0, 0.1) is 17.5 Å². The molecule has 5 rings (SSSR count). The number of aliphatic hydroxyl groups excluding tert-OH is 1. The molecule has 222 valence electrons. The number of benzene rings is 2. The first kappa shape index (κ1) is 29.2. The number of halogens is 5. The Bertz CT molecular complexity index is 1550. The van der Waals surface area contributed by atoms with Gasteiger partial charge in [0.1, 0.15) is 29.1 Å². The predicted molar refractivity (Wildman–Crippen MR) is 139 cm³/mol. The van der Waals surface area contributed by atoms with Crippen molar-refractivity contribution in [3.63, 3.8) is 0 Å². The number of anilines is 1. The van der Waals surface area contributed by atoms with Crippen LogP contribution in [-0.2, 0) is 11.3 Å². The van der Waals surface area contributed by atoms with E-state index >= 15 is 4.39 Å². The minimum absolute atomic E-state index is 0.132. The highest BCUT2D eigenvalue weighted by Gasteiger charge is 2.45. The van der Waals surface area contributed by atoms with Gasteiger partial charge in [-0.1, -0.05) is 6.07 Å². The van der Waals surface area contributed by atoms with Crippen LogP contribution < -0.4 is 15.4 Å². The van der Waals surface area contributed by atoms with Crippen LogP contribution in [0.5, 0.6) is 5.75 Å². The van der Waals surface area contributed by atoms with Gasteiger partial charge in [-0.15, -0.1) is 0 Å². The number of ether oxygens (including phenoxy) is 1. The molecule has 2 aromatic carbocycles. The summed E-state index contributed by atoms with van der Waals surface area (Å²) in [6.07, 6.45) is -0.107. The summed E-state index contributed by atoms with van der Waals surface area (Å²) < 4.78 is 75.8. The summed E-state index contributed by atoms with van der Waals surface area (Å²) in [5.41, 5.74) is -0.699. The molecule has 0 unspecified atom stereocenters. The van der Waals surface area contributed by atoms with Crippen molar-refractivity contribution in [2.24, 2.45) is 0 Å². The largest absolute Gasteiger partial charge is 0.497 e. The number of amides is 2. The summed E-state index contributed by atoms with van der Waals surface area (Å²) in [4.78, 5) is 35.2. The number of aliphatic hydroxyl groups is 1. The van der Waals surface area contributed by atoms with E-state index in [9.17, 15) is 32.3 Å². The van der Waals surface area contributed by atoms with Gasteiger partial charge in [-0.05, 0) is 36.2 Å². The van der Waals surface area contributed by atoms with Gasteiger partial charge < -0.3 is 25.4 Å². The molecular formula is C28H26F5N5O4. The molecule has 2 amide bonds. The standard InChI is InChI=1S/C28H26F5N5O4/c1-13(25(40)36-21(12-39)15-5-16(29)7-18(6-15)42-2)38-11-14-3-4-19(23(31)22(14)26(38)41)24-20(30)10-34-27(37-24)35-17-8-28(32,33)9-17/h3-7,10,13,17,21,39H,8-9,11-12H2,1-2H3,(H,36,40)(H,34,35,37)/t13-,21-/m1/s1. The molecule has 9 nitrogen and oxygen atoms in total. The molecule has 0 saturated heterocycles. The zero-order valence-corrected chi connectivity index (χ0v) is 22.4. The molecule has 1 fully saturated rings. The summed E-state index contributed by atoms with van der Waals surface area (Å²) in [6.45, 7) is 0.693. The Morgan fingerprint density at radius 2 is 1.95 bits per heavy atom. The molecule has 14 heteroatoms. The van der Waals surface area contributed by atoms with Gasteiger partial charge in [-0.25, -0.2) is 31.9 Å². The van der Waals surface area contributed by atoms with Crippen LogP contribution in [0.25, 0.3) is 11.3 Å². The lowest BCUT2D eigenvalue weighted by molar-refractivity contribution is -0.126. The molecule has 42 heavy (non-hydrogen) atoms. The number of nitrogens with zero attached hydrogens (tertiary/aromatic N) is 3. The van der Waals surface area contributed by atoms with E-state index in [0.717, 1.165) is 23.2 Å². The van der Waals surface area contributed by atoms with Crippen molar-refractivity contribution in [1.82, 2.24) is 20.2 Å². The molecule has 2 aliphatic rings. The summed E-state index contributed by atoms with van der Waals surface area (Å²) in [5, 5.41) is 15.1. The van der Waals surface area contributed by atoms with Crippen molar-refractivity contribution in [3.8, 4) is 17.0 Å². The fourth-order valence-corrected chi connectivity index (χ4v) is 5.02. The Morgan fingerprint density at radius 1 is 1.21 bits per heavy atom. The van der Waals surface area contributed by atoms with E-state index in [1.54, 1.807) is 0 Å². The van der Waals surface area contributed by atoms with Crippen molar-refractivity contribution in [2.45, 2.75) is 50.4 Å². The third kappa shape index (κ3) is 5.58. The van der Waals surface area contributed by atoms with Gasteiger partial charge in [0.05, 0.1) is 31.5 Å². The number of hydrogen-bond acceptors (Lipinski definition) is 7. The van der Waals surface area contributed by atoms with E-state index < -0.39 is 78.5 Å². The molecule has 2 atom stereocenters. The van der Waals surface area contributed by atoms with Crippen molar-refractivity contribution in [3.05, 3.63) is 70.7 Å². The molecule has 1 aromatic heterocycles. The number of fused-ring (bicyclic) bond motifs is 1. The molecule has 3 N–H and O–H groups in total. The van der Waals surface area contributed by atoms with Crippen LogP contribution in [0.15, 0.2) is 36.5 Å². The minimum Gasteiger partial charge on any atom is -0.497 e. The number of aromatic nitrogens is 2. The Morgan fingerprint density at radius 3 is 2.62 bits per heavy atom. The molecule has 0 radical (unpaired) electrons. The van der Waals surface area contributed by atoms with E-state index in [-0.39, 0.29) is 40.5 Å². The highest BCUT2D eigenvalue weighted by molar-refractivity contribution is 6.02. The van der Waals surface area contributed by atoms with Gasteiger partial charge >= 0.3 is 0 Å². The second-order valence-corrected chi connectivity index (χ2v) is 10.2. The van der Waals surface area contributed by atoms with Crippen molar-refractivity contribution in [2.75, 3.05) is 19.0 Å². The smallest absolute Gasteiger partial charge is 0.258 e. The zero-order valence-electron chi connectivity index (χ0n) is 22.4. The topological polar surface area (TPSA) is 117 Å². The summed E-state index contributed by atoms with van der Waals surface area (Å²) in [7, 11) is 1.34. The van der Waals surface area contributed by atoms with Crippen LogP contribution in [0.3, 0.4) is 0 Å². The molecule has 0 bridgehead atoms. The average molecular weight is 592 g/mol. The Balaban J connectivity index is 1.34. The molecule has 1 aliphatic heterocycles. The van der Waals surface area contributed by atoms with Crippen LogP contribution >= 0.6 is 0 Å². The Hall–Kier alpha value is -4.33. The van der Waals surface area contributed by atoms with Crippen molar-refractivity contribution in [1.29, 1.82) is 0 Å². The lowest BCUT2D eigenvalue weighted by atomic mass is 9.88. The second kappa shape index (κ2) is 11.2. The SMILES string of the molecule is COc1cc(F)cc([C@@H](CO)NC(=O)[C@@H](C)N2Cc3ccc(-c4nc(NC5CC(F)(F)C5)ncc4F)c(F)c3C2=O)c1. The van der Waals surface area contributed by atoms with Gasteiger partial charge in [0.25, 0.3) is 11.8 Å². The Labute approximate surface area is 236 Å². The number of methoxy groups -OCH3 is 1. The number of hydrogen-bond donors (Lipinski definition) is 3. The number of nitrogens with one attached hydrogen (secondary N) is 2. The number of carbonyl (C=O) groups is 2. The third-order valence-electron chi connectivity index (χ3n) is 7.34. The van der Waals surface area contributed by atoms with Gasteiger partial charge in [-0.3, -0.25) is 9.59 Å². The third-order valence-corrected chi connectivity index (χ3v) is 7.34. The highest BCUT2D eigenvalue weighted by atomic mass is 19.3. The molecule has 1 aliphatic carbocycles. The normalized spacial score (nSPS) is 17.3. The number of carbonyl (C=O) groups excluding carboxylic acids is 2. The lowest BCUT2D eigenvalue weighted by Gasteiger charge is -2.35. The van der Waals surface area contributed by atoms with Gasteiger partial charge in [0.15, 0.2) is 5.82 Å². The molecule has 0 spiro atoms. The van der Waals surface area contributed by atoms with Crippen molar-refractivity contribution >= 4 is 17.8 Å². The molecule has 3 aromatic rings. The van der Waals surface area contributed by atoms with E-state index in [1.807, 2.05) is 0 Å². The van der Waals surface area contributed by atoms with E-state index in [2.05, 4.69) is 20.6 Å². The quantitative estimate of drug-likeness (QED) is 0.323. The first-order valence-electron chi connectivity index (χ1n) is 13.0. The van der Waals surface area contributed by atoms with Crippen LogP contribution in [0.1, 0.15) is 47.3 Å². The summed E-state index contributed by atoms with van der Waals surface area (Å²) >= 11 is 0. The summed E-state index contributed by atoms with van der Waals surface area (Å²) in [5.74, 6) is -7.02. The lowest BCUT2D eigenvalue weighted by Crippen LogP contribution is -2.46. The van der Waals surface area contributed by atoms with Crippen molar-refractivity contribution < 1.29 is 41.4 Å². The van der Waals surface area contributed by atoms with Crippen LogP contribution in [0.4, 0.5) is 27.9 Å². The molecule has 1 saturated carbocycles. The first-order valence-corrected chi connectivity index (χ1v) is 13.0. The van der Waals surface area contributed by atoms with Gasteiger partial charge in [-0.2, -0.15) is 0 Å². The Kier molecular flexibility index (Phi) is 7.75. The predicted octanol–water partition coefficient (Wildman–Crippen LogP) is 3.97. The van der Waals surface area contributed by atoms with Gasteiger partial charge in [0, 0.05) is 37.1 Å². The highest BCUT2D eigenvalue weighted by Crippen LogP contribution is 2.39. The fraction of sp³-hybridized carbons (Fsp3) is 0.357. The van der Waals surface area contributed by atoms with Gasteiger partial charge in [0.2, 0.25) is 11.9 Å². The van der Waals surface area contributed by atoms with E-state index in [0.29, 0.717) is 0 Å². The number of rotatable bonds is 9. The molecule has 2 heterocycles. The maximum atomic E-state index is 15.7. The zero-order chi connectivity index (χ0) is 30.3. The average Bonchev–Trinajstić information content (AvgIpc) is 3.27. The summed E-state index contributed by atoms with van der Waals surface area (Å²) in [6, 6.07) is 3.56. The van der Waals surface area contributed by atoms with E-state index in [4.69, 9.17) is 4.74 Å². The monoisotopic (exact) mass is 591 g/mol. The second-order valence-electron chi connectivity index (χ2n) is 10.2. The minimum atomic E-state index is -2.81. The van der Waals surface area contributed by atoms with Crippen LogP contribution in [-0.4, -0.2) is 63.5 Å². The van der Waals surface area contributed by atoms with Crippen LogP contribution in [0.2, 0.25) is 0 Å². The molecular weight excluding hydrogens is 565 g/mol. The number of alkyl halides is 2. The maximum absolute atomic E-state index is 15.7. The first-order chi connectivity index (χ1) is 19.9.